The highest BCUT2D eigenvalue weighted by atomic mass is 19.1. The van der Waals surface area contributed by atoms with E-state index in [4.69, 9.17) is 10.5 Å². The maximum Gasteiger partial charge on any atom is 0.407 e. The molecule has 0 saturated carbocycles. The highest BCUT2D eigenvalue weighted by molar-refractivity contribution is 5.67. The van der Waals surface area contributed by atoms with Crippen LogP contribution >= 0.6 is 0 Å². The van der Waals surface area contributed by atoms with Crippen LogP contribution in [-0.4, -0.2) is 29.3 Å². The van der Waals surface area contributed by atoms with Gasteiger partial charge in [0.15, 0.2) is 0 Å². The van der Waals surface area contributed by atoms with Gasteiger partial charge in [0.25, 0.3) is 0 Å². The predicted octanol–water partition coefficient (Wildman–Crippen LogP) is 1.62. The van der Waals surface area contributed by atoms with Gasteiger partial charge in [-0.2, -0.15) is 0 Å². The van der Waals surface area contributed by atoms with Gasteiger partial charge in [-0.3, -0.25) is 4.98 Å². The van der Waals surface area contributed by atoms with Crippen LogP contribution in [0, 0.1) is 5.82 Å². The monoisotopic (exact) mass is 269 g/mol. The third-order valence-corrected chi connectivity index (χ3v) is 2.20. The molecule has 3 N–H and O–H groups in total. The summed E-state index contributed by atoms with van der Waals surface area (Å²) < 4.78 is 18.4. The average molecular weight is 269 g/mol. The van der Waals surface area contributed by atoms with Crippen molar-refractivity contribution in [3.05, 3.63) is 29.8 Å². The number of alkyl carbamates (subject to hydrolysis) is 1. The summed E-state index contributed by atoms with van der Waals surface area (Å²) in [5.41, 5.74) is 5.55. The minimum atomic E-state index is -0.554. The first kappa shape index (κ1) is 15.4. The summed E-state index contributed by atoms with van der Waals surface area (Å²) in [6, 6.07) is 2.43. The third-order valence-electron chi connectivity index (χ3n) is 2.20. The number of amides is 1. The molecule has 0 saturated heterocycles. The topological polar surface area (TPSA) is 77.2 Å². The molecule has 0 aliphatic heterocycles. The van der Waals surface area contributed by atoms with Gasteiger partial charge in [-0.05, 0) is 32.9 Å². The van der Waals surface area contributed by atoms with E-state index in [1.807, 2.05) is 0 Å². The lowest BCUT2D eigenvalue weighted by Crippen LogP contribution is -2.41. The molecule has 106 valence electrons. The number of hydrogen-bond acceptors (Lipinski definition) is 4. The fourth-order valence-corrected chi connectivity index (χ4v) is 1.42. The molecule has 19 heavy (non-hydrogen) atoms. The van der Waals surface area contributed by atoms with Crippen molar-refractivity contribution in [1.82, 2.24) is 10.3 Å². The lowest BCUT2D eigenvalue weighted by Gasteiger charge is -2.20. The summed E-state index contributed by atoms with van der Waals surface area (Å²) in [6.07, 6.45) is 1.22. The molecular formula is C13H20FN3O2. The largest absolute Gasteiger partial charge is 0.444 e. The van der Waals surface area contributed by atoms with E-state index in [1.165, 1.54) is 18.3 Å². The average Bonchev–Trinajstić information content (AvgIpc) is 2.27. The molecule has 0 aliphatic rings. The number of carbonyl (C=O) groups excluding carboxylic acids is 1. The summed E-state index contributed by atoms with van der Waals surface area (Å²) in [5, 5.41) is 2.54. The van der Waals surface area contributed by atoms with E-state index in [1.54, 1.807) is 20.8 Å². The van der Waals surface area contributed by atoms with Crippen molar-refractivity contribution in [2.75, 3.05) is 6.54 Å². The van der Waals surface area contributed by atoms with Crippen molar-refractivity contribution in [2.24, 2.45) is 5.73 Å². The van der Waals surface area contributed by atoms with E-state index in [0.717, 1.165) is 0 Å². The number of ether oxygens (including phenoxy) is 1. The van der Waals surface area contributed by atoms with Crippen molar-refractivity contribution in [1.29, 1.82) is 0 Å². The second-order valence-electron chi connectivity index (χ2n) is 5.28. The molecule has 0 aromatic carbocycles. The number of nitrogens with one attached hydrogen (secondary N) is 1. The Bertz CT molecular complexity index is 432. The number of halogens is 1. The first-order chi connectivity index (χ1) is 8.78. The number of nitrogens with two attached hydrogens (primary N) is 1. The Kier molecular flexibility index (Phi) is 5.23. The maximum absolute atomic E-state index is 13.3. The molecule has 1 unspecified atom stereocenters. The Labute approximate surface area is 112 Å². The zero-order chi connectivity index (χ0) is 14.5. The maximum atomic E-state index is 13.3. The highest BCUT2D eigenvalue weighted by Gasteiger charge is 2.17. The number of pyridine rings is 1. The zero-order valence-corrected chi connectivity index (χ0v) is 11.4. The Morgan fingerprint density at radius 1 is 1.58 bits per heavy atom. The highest BCUT2D eigenvalue weighted by Crippen LogP contribution is 2.07. The molecule has 0 radical (unpaired) electrons. The van der Waals surface area contributed by atoms with E-state index < -0.39 is 23.6 Å². The first-order valence-electron chi connectivity index (χ1n) is 6.10. The molecule has 0 aliphatic carbocycles. The van der Waals surface area contributed by atoms with Crippen LogP contribution in [0.2, 0.25) is 0 Å². The minimum absolute atomic E-state index is 0.199. The number of hydrogen-bond donors (Lipinski definition) is 2. The van der Waals surface area contributed by atoms with Gasteiger partial charge < -0.3 is 15.8 Å². The van der Waals surface area contributed by atoms with Crippen LogP contribution in [-0.2, 0) is 11.2 Å². The molecule has 6 heteroatoms. The quantitative estimate of drug-likeness (QED) is 0.870. The van der Waals surface area contributed by atoms with Crippen LogP contribution in [0.15, 0.2) is 18.3 Å². The summed E-state index contributed by atoms with van der Waals surface area (Å²) in [5.74, 6) is -0.393. The molecule has 0 spiro atoms. The van der Waals surface area contributed by atoms with Crippen LogP contribution in [0.5, 0.6) is 0 Å². The molecule has 5 nitrogen and oxygen atoms in total. The number of rotatable bonds is 4. The molecule has 0 fully saturated rings. The van der Waals surface area contributed by atoms with Crippen LogP contribution in [0.3, 0.4) is 0 Å². The second kappa shape index (κ2) is 6.47. The van der Waals surface area contributed by atoms with Crippen molar-refractivity contribution in [3.8, 4) is 0 Å². The second-order valence-corrected chi connectivity index (χ2v) is 5.28. The first-order valence-corrected chi connectivity index (χ1v) is 6.10. The van der Waals surface area contributed by atoms with Gasteiger partial charge in [0.05, 0.1) is 5.69 Å². The van der Waals surface area contributed by atoms with Gasteiger partial charge >= 0.3 is 6.09 Å². The van der Waals surface area contributed by atoms with Crippen molar-refractivity contribution >= 4 is 6.09 Å². The van der Waals surface area contributed by atoms with Crippen LogP contribution < -0.4 is 11.1 Å². The smallest absolute Gasteiger partial charge is 0.407 e. The summed E-state index contributed by atoms with van der Waals surface area (Å²) in [7, 11) is 0. The standard InChI is InChI=1S/C13H20FN3O2/c1-13(2,3)19-12(18)17-8-9(15)7-11-10(14)5-4-6-16-11/h4-6,9H,7-8,15H2,1-3H3,(H,17,18). The summed E-state index contributed by atoms with van der Waals surface area (Å²) >= 11 is 0. The van der Waals surface area contributed by atoms with Gasteiger partial charge in [-0.25, -0.2) is 9.18 Å². The fourth-order valence-electron chi connectivity index (χ4n) is 1.42. The van der Waals surface area contributed by atoms with E-state index >= 15 is 0 Å². The van der Waals surface area contributed by atoms with Crippen LogP contribution in [0.1, 0.15) is 26.5 Å². The molecule has 1 aromatic heterocycles. The molecule has 1 rings (SSSR count). The Morgan fingerprint density at radius 2 is 2.26 bits per heavy atom. The van der Waals surface area contributed by atoms with Crippen LogP contribution in [0.4, 0.5) is 9.18 Å². The molecule has 1 atom stereocenters. The fraction of sp³-hybridized carbons (Fsp3) is 0.538. The Balaban J connectivity index is 2.38. The SMILES string of the molecule is CC(C)(C)OC(=O)NCC(N)Cc1ncccc1F. The van der Waals surface area contributed by atoms with E-state index in [9.17, 15) is 9.18 Å². The molecule has 1 heterocycles. The predicted molar refractivity (Wildman–Crippen MR) is 70.1 cm³/mol. The normalized spacial score (nSPS) is 12.9. The minimum Gasteiger partial charge on any atom is -0.444 e. The Morgan fingerprint density at radius 3 is 2.84 bits per heavy atom. The number of carbonyl (C=O) groups is 1. The zero-order valence-electron chi connectivity index (χ0n) is 11.4. The number of aromatic nitrogens is 1. The molecule has 0 bridgehead atoms. The summed E-state index contributed by atoms with van der Waals surface area (Å²) in [4.78, 5) is 15.3. The lowest BCUT2D eigenvalue weighted by molar-refractivity contribution is 0.0524. The van der Waals surface area contributed by atoms with Gasteiger partial charge in [0.1, 0.15) is 11.4 Å². The van der Waals surface area contributed by atoms with E-state index in [-0.39, 0.29) is 13.0 Å². The van der Waals surface area contributed by atoms with Gasteiger partial charge in [-0.1, -0.05) is 0 Å². The van der Waals surface area contributed by atoms with Gasteiger partial charge in [0.2, 0.25) is 0 Å². The van der Waals surface area contributed by atoms with Crippen molar-refractivity contribution < 1.29 is 13.9 Å². The van der Waals surface area contributed by atoms with E-state index in [2.05, 4.69) is 10.3 Å². The van der Waals surface area contributed by atoms with Gasteiger partial charge in [-0.15, -0.1) is 0 Å². The number of nitrogens with zero attached hydrogens (tertiary/aromatic N) is 1. The molecular weight excluding hydrogens is 249 g/mol. The van der Waals surface area contributed by atoms with Gasteiger partial charge in [0, 0.05) is 25.2 Å². The third kappa shape index (κ3) is 6.15. The molecule has 1 aromatic rings. The van der Waals surface area contributed by atoms with Crippen molar-refractivity contribution in [2.45, 2.75) is 38.8 Å². The Hall–Kier alpha value is -1.69. The van der Waals surface area contributed by atoms with Crippen LogP contribution in [0.25, 0.3) is 0 Å². The van der Waals surface area contributed by atoms with Crippen molar-refractivity contribution in [3.63, 3.8) is 0 Å². The lowest BCUT2D eigenvalue weighted by atomic mass is 10.1. The molecule has 1 amide bonds. The van der Waals surface area contributed by atoms with E-state index in [0.29, 0.717) is 5.69 Å². The summed E-state index contributed by atoms with van der Waals surface area (Å²) in [6.45, 7) is 5.52.